The second-order valence-corrected chi connectivity index (χ2v) is 6.92. The molecule has 0 saturated carbocycles. The van der Waals surface area contributed by atoms with Crippen molar-refractivity contribution in [2.24, 2.45) is 5.92 Å². The van der Waals surface area contributed by atoms with E-state index in [1.165, 1.54) is 0 Å². The Hall–Kier alpha value is -0.620. The number of hydrogen-bond acceptors (Lipinski definition) is 4. The largest absolute Gasteiger partial charge is 0.342 e. The van der Waals surface area contributed by atoms with Gasteiger partial charge in [-0.3, -0.25) is 4.79 Å². The molecule has 2 aliphatic heterocycles. The molecule has 6 heteroatoms. The molecule has 0 aromatic carbocycles. The highest BCUT2D eigenvalue weighted by Crippen LogP contribution is 2.13. The first-order valence-corrected chi connectivity index (χ1v) is 7.58. The molecule has 0 radical (unpaired) electrons. The molecule has 2 heterocycles. The fourth-order valence-electron chi connectivity index (χ4n) is 2.06. The van der Waals surface area contributed by atoms with Gasteiger partial charge >= 0.3 is 0 Å². The summed E-state index contributed by atoms with van der Waals surface area (Å²) in [5, 5.41) is 3.13. The van der Waals surface area contributed by atoms with Crippen LogP contribution in [0.2, 0.25) is 0 Å². The minimum Gasteiger partial charge on any atom is -0.342 e. The smallest absolute Gasteiger partial charge is 0.222 e. The molecule has 2 rings (SSSR count). The maximum absolute atomic E-state index is 11.9. The number of carbonyl (C=O) groups excluding carboxylic acids is 1. The van der Waals surface area contributed by atoms with Crippen molar-refractivity contribution in [3.05, 3.63) is 0 Å². The Kier molecular flexibility index (Phi) is 3.49. The van der Waals surface area contributed by atoms with Crippen molar-refractivity contribution in [1.82, 2.24) is 10.2 Å². The van der Waals surface area contributed by atoms with Crippen LogP contribution in [-0.2, 0) is 14.6 Å². The lowest BCUT2D eigenvalue weighted by Gasteiger charge is -2.29. The summed E-state index contributed by atoms with van der Waals surface area (Å²) in [6, 6.07) is 0. The van der Waals surface area contributed by atoms with Gasteiger partial charge in [-0.2, -0.15) is 0 Å². The Morgan fingerprint density at radius 3 is 2.62 bits per heavy atom. The number of nitrogens with one attached hydrogen (secondary N) is 1. The van der Waals surface area contributed by atoms with Crippen molar-refractivity contribution in [2.45, 2.75) is 12.8 Å². The lowest BCUT2D eigenvalue weighted by molar-refractivity contribution is -0.132. The fraction of sp³-hybridized carbons (Fsp3) is 0.900. The molecule has 2 aliphatic rings. The van der Waals surface area contributed by atoms with Crippen LogP contribution in [0.1, 0.15) is 12.8 Å². The normalized spacial score (nSPS) is 25.9. The summed E-state index contributed by atoms with van der Waals surface area (Å²) in [6.45, 7) is 2.80. The fourth-order valence-corrected chi connectivity index (χ4v) is 3.33. The Balaban J connectivity index is 1.86. The van der Waals surface area contributed by atoms with Gasteiger partial charge in [0.1, 0.15) is 0 Å². The number of nitrogens with zero attached hydrogens (tertiary/aromatic N) is 1. The summed E-state index contributed by atoms with van der Waals surface area (Å²) in [5.74, 6) is 0.916. The SMILES string of the molecule is O=C(CC1CNC1)N1CCCS(=O)(=O)CC1. The van der Waals surface area contributed by atoms with Gasteiger partial charge in [0.15, 0.2) is 9.84 Å². The number of hydrogen-bond donors (Lipinski definition) is 1. The van der Waals surface area contributed by atoms with E-state index in [1.807, 2.05) is 0 Å². The lowest BCUT2D eigenvalue weighted by Crippen LogP contribution is -2.45. The van der Waals surface area contributed by atoms with Crippen molar-refractivity contribution in [2.75, 3.05) is 37.7 Å². The second kappa shape index (κ2) is 4.71. The first-order valence-electron chi connectivity index (χ1n) is 5.76. The molecule has 0 aromatic rings. The number of sulfone groups is 1. The van der Waals surface area contributed by atoms with Gasteiger partial charge in [-0.05, 0) is 25.4 Å². The highest BCUT2D eigenvalue weighted by atomic mass is 32.2. The highest BCUT2D eigenvalue weighted by molar-refractivity contribution is 7.91. The van der Waals surface area contributed by atoms with Crippen molar-refractivity contribution in [3.63, 3.8) is 0 Å². The Bertz CT molecular complexity index is 362. The van der Waals surface area contributed by atoms with E-state index >= 15 is 0 Å². The van der Waals surface area contributed by atoms with E-state index in [9.17, 15) is 13.2 Å². The Morgan fingerprint density at radius 1 is 1.25 bits per heavy atom. The molecule has 1 N–H and O–H groups in total. The van der Waals surface area contributed by atoms with Gasteiger partial charge in [-0.15, -0.1) is 0 Å². The third-order valence-electron chi connectivity index (χ3n) is 3.24. The van der Waals surface area contributed by atoms with Crippen LogP contribution in [-0.4, -0.2) is 56.9 Å². The maximum atomic E-state index is 11.9. The average molecular weight is 246 g/mol. The average Bonchev–Trinajstić information content (AvgIpc) is 2.33. The summed E-state index contributed by atoms with van der Waals surface area (Å²) >= 11 is 0. The number of carbonyl (C=O) groups is 1. The van der Waals surface area contributed by atoms with Crippen LogP contribution in [0.3, 0.4) is 0 Å². The summed E-state index contributed by atoms with van der Waals surface area (Å²) < 4.78 is 22.8. The first-order chi connectivity index (χ1) is 7.57. The van der Waals surface area contributed by atoms with Gasteiger partial charge in [0.2, 0.25) is 5.91 Å². The highest BCUT2D eigenvalue weighted by Gasteiger charge is 2.26. The van der Waals surface area contributed by atoms with E-state index in [2.05, 4.69) is 5.32 Å². The van der Waals surface area contributed by atoms with E-state index in [-0.39, 0.29) is 17.4 Å². The molecule has 0 unspecified atom stereocenters. The topological polar surface area (TPSA) is 66.5 Å². The third kappa shape index (κ3) is 2.95. The molecule has 2 saturated heterocycles. The van der Waals surface area contributed by atoms with Crippen LogP contribution in [0.5, 0.6) is 0 Å². The second-order valence-electron chi connectivity index (χ2n) is 4.61. The molecule has 5 nitrogen and oxygen atoms in total. The van der Waals surface area contributed by atoms with Gasteiger partial charge in [0.05, 0.1) is 11.5 Å². The minimum atomic E-state index is -2.91. The summed E-state index contributed by atoms with van der Waals surface area (Å²) in [4.78, 5) is 13.6. The molecule has 0 aliphatic carbocycles. The van der Waals surface area contributed by atoms with E-state index in [4.69, 9.17) is 0 Å². The Morgan fingerprint density at radius 2 is 2.00 bits per heavy atom. The molecule has 1 amide bonds. The van der Waals surface area contributed by atoms with Crippen molar-refractivity contribution in [1.29, 1.82) is 0 Å². The van der Waals surface area contributed by atoms with Crippen LogP contribution in [0.15, 0.2) is 0 Å². The van der Waals surface area contributed by atoms with Gasteiger partial charge in [-0.25, -0.2) is 8.42 Å². The molecule has 0 aromatic heterocycles. The van der Waals surface area contributed by atoms with Gasteiger partial charge < -0.3 is 10.2 Å². The predicted octanol–water partition coefficient (Wildman–Crippen LogP) is -0.757. The van der Waals surface area contributed by atoms with Gasteiger partial charge in [-0.1, -0.05) is 0 Å². The van der Waals surface area contributed by atoms with E-state index in [0.29, 0.717) is 31.8 Å². The zero-order valence-electron chi connectivity index (χ0n) is 9.31. The van der Waals surface area contributed by atoms with Crippen LogP contribution in [0.25, 0.3) is 0 Å². The zero-order valence-corrected chi connectivity index (χ0v) is 10.1. The molecule has 0 atom stereocenters. The number of rotatable bonds is 2. The molecule has 0 spiro atoms. The van der Waals surface area contributed by atoms with Crippen LogP contribution >= 0.6 is 0 Å². The summed E-state index contributed by atoms with van der Waals surface area (Å²) in [6.07, 6.45) is 1.14. The summed E-state index contributed by atoms with van der Waals surface area (Å²) in [5.41, 5.74) is 0. The Labute approximate surface area is 96.1 Å². The predicted molar refractivity (Wildman–Crippen MR) is 60.8 cm³/mol. The lowest BCUT2D eigenvalue weighted by atomic mass is 9.98. The number of amides is 1. The van der Waals surface area contributed by atoms with Gasteiger partial charge in [0, 0.05) is 19.5 Å². The standard InChI is InChI=1S/C10H18N2O3S/c13-10(6-9-7-11-8-9)12-2-1-4-16(14,15)5-3-12/h9,11H,1-8H2. The summed E-state index contributed by atoms with van der Waals surface area (Å²) in [7, 11) is -2.91. The van der Waals surface area contributed by atoms with Crippen molar-refractivity contribution >= 4 is 15.7 Å². The zero-order chi connectivity index (χ0) is 11.6. The quantitative estimate of drug-likeness (QED) is 0.696. The molecule has 0 bridgehead atoms. The molecule has 2 fully saturated rings. The van der Waals surface area contributed by atoms with Crippen molar-refractivity contribution in [3.8, 4) is 0 Å². The van der Waals surface area contributed by atoms with Crippen LogP contribution in [0.4, 0.5) is 0 Å². The van der Waals surface area contributed by atoms with Gasteiger partial charge in [0.25, 0.3) is 0 Å². The molecule has 92 valence electrons. The first kappa shape index (κ1) is 11.9. The third-order valence-corrected chi connectivity index (χ3v) is 4.95. The maximum Gasteiger partial charge on any atom is 0.222 e. The molecular weight excluding hydrogens is 228 g/mol. The van der Waals surface area contributed by atoms with Crippen LogP contribution < -0.4 is 5.32 Å². The molecule has 16 heavy (non-hydrogen) atoms. The molecular formula is C10H18N2O3S. The van der Waals surface area contributed by atoms with E-state index in [0.717, 1.165) is 13.1 Å². The van der Waals surface area contributed by atoms with Crippen molar-refractivity contribution < 1.29 is 13.2 Å². The van der Waals surface area contributed by atoms with E-state index < -0.39 is 9.84 Å². The van der Waals surface area contributed by atoms with E-state index in [1.54, 1.807) is 4.90 Å². The van der Waals surface area contributed by atoms with Crippen LogP contribution in [0, 0.1) is 5.92 Å². The monoisotopic (exact) mass is 246 g/mol. The minimum absolute atomic E-state index is 0.114.